The Morgan fingerprint density at radius 2 is 2.09 bits per heavy atom. The first kappa shape index (κ1) is 18.0. The van der Waals surface area contributed by atoms with Crippen LogP contribution in [0.1, 0.15) is 19.2 Å². The average Bonchev–Trinajstić information content (AvgIpc) is 2.92. The summed E-state index contributed by atoms with van der Waals surface area (Å²) < 4.78 is 61.4. The summed E-state index contributed by atoms with van der Waals surface area (Å²) in [6, 6.07) is -0.458. The molecule has 12 heteroatoms. The zero-order chi connectivity index (χ0) is 17.4. The number of rotatable bonds is 4. The van der Waals surface area contributed by atoms with Gasteiger partial charge in [0.15, 0.2) is 15.0 Å². The molecule has 2 rings (SSSR count). The van der Waals surface area contributed by atoms with Crippen molar-refractivity contribution in [2.45, 2.75) is 36.0 Å². The second-order valence-electron chi connectivity index (χ2n) is 5.23. The number of halogens is 3. The van der Waals surface area contributed by atoms with Crippen LogP contribution in [0.4, 0.5) is 13.2 Å². The molecule has 1 N–H and O–H groups in total. The van der Waals surface area contributed by atoms with Crippen molar-refractivity contribution >= 4 is 27.5 Å². The monoisotopic (exact) mass is 372 g/mol. The number of nitrogens with one attached hydrogen (secondary N) is 1. The fourth-order valence-electron chi connectivity index (χ4n) is 2.10. The van der Waals surface area contributed by atoms with Gasteiger partial charge in [0.1, 0.15) is 0 Å². The van der Waals surface area contributed by atoms with Gasteiger partial charge in [-0.2, -0.15) is 13.2 Å². The summed E-state index contributed by atoms with van der Waals surface area (Å²) in [4.78, 5) is 12.0. The number of aromatic nitrogens is 3. The van der Waals surface area contributed by atoms with Crippen LogP contribution in [0.5, 0.6) is 0 Å². The molecule has 0 spiro atoms. The van der Waals surface area contributed by atoms with Crippen LogP contribution in [-0.4, -0.2) is 51.9 Å². The molecule has 1 aromatic heterocycles. The average molecular weight is 372 g/mol. The van der Waals surface area contributed by atoms with E-state index in [-0.39, 0.29) is 16.7 Å². The molecule has 7 nitrogen and oxygen atoms in total. The number of amides is 1. The molecule has 130 valence electrons. The number of thioether (sulfide) groups is 1. The van der Waals surface area contributed by atoms with E-state index in [0.717, 1.165) is 16.3 Å². The van der Waals surface area contributed by atoms with Gasteiger partial charge in [-0.05, 0) is 13.3 Å². The van der Waals surface area contributed by atoms with Crippen LogP contribution in [0.25, 0.3) is 0 Å². The van der Waals surface area contributed by atoms with Gasteiger partial charge in [0.2, 0.25) is 11.7 Å². The third-order valence-corrected chi connectivity index (χ3v) is 6.22. The van der Waals surface area contributed by atoms with Gasteiger partial charge in [-0.25, -0.2) is 8.42 Å². The second kappa shape index (κ2) is 6.30. The Morgan fingerprint density at radius 1 is 1.43 bits per heavy atom. The highest BCUT2D eigenvalue weighted by Gasteiger charge is 2.38. The van der Waals surface area contributed by atoms with Crippen molar-refractivity contribution < 1.29 is 26.4 Å². The summed E-state index contributed by atoms with van der Waals surface area (Å²) in [6.45, 7) is 1.51. The van der Waals surface area contributed by atoms with Crippen LogP contribution in [0.2, 0.25) is 0 Å². The zero-order valence-corrected chi connectivity index (χ0v) is 13.9. The third kappa shape index (κ3) is 4.37. The molecular weight excluding hydrogens is 357 g/mol. The maximum Gasteiger partial charge on any atom is 0.451 e. The molecular formula is C11H15F3N4O3S2. The van der Waals surface area contributed by atoms with Crippen molar-refractivity contribution in [1.29, 1.82) is 0 Å². The minimum atomic E-state index is -4.62. The highest BCUT2D eigenvalue weighted by molar-refractivity contribution is 8.00. The molecule has 1 fully saturated rings. The SMILES string of the molecule is C[C@@H](Sc1nnc(C(F)(F)F)n1C)C(=O)N[C@@H]1CCS(=O)(=O)C1. The van der Waals surface area contributed by atoms with Gasteiger partial charge in [-0.3, -0.25) is 4.79 Å². The van der Waals surface area contributed by atoms with E-state index < -0.39 is 39.0 Å². The summed E-state index contributed by atoms with van der Waals surface area (Å²) in [7, 11) is -1.95. The molecule has 23 heavy (non-hydrogen) atoms. The standard InChI is InChI=1S/C11H15F3N4O3S2/c1-6(8(19)15-7-3-4-23(20,21)5-7)22-10-17-16-9(18(10)2)11(12,13)14/h6-7H,3-5H2,1-2H3,(H,15,19)/t6-,7-/m1/s1. The maximum atomic E-state index is 12.6. The van der Waals surface area contributed by atoms with E-state index in [9.17, 15) is 26.4 Å². The van der Waals surface area contributed by atoms with E-state index in [1.54, 1.807) is 0 Å². The zero-order valence-electron chi connectivity index (χ0n) is 12.3. The summed E-state index contributed by atoms with van der Waals surface area (Å²) in [5.74, 6) is -1.68. The first-order chi connectivity index (χ1) is 10.5. The molecule has 0 saturated carbocycles. The molecule has 0 aliphatic carbocycles. The Kier molecular flexibility index (Phi) is 4.95. The lowest BCUT2D eigenvalue weighted by atomic mass is 10.2. The lowest BCUT2D eigenvalue weighted by molar-refractivity contribution is -0.147. The summed E-state index contributed by atoms with van der Waals surface area (Å²) in [5, 5.41) is 8.33. The number of hydrogen-bond donors (Lipinski definition) is 1. The number of carbonyl (C=O) groups excluding carboxylic acids is 1. The van der Waals surface area contributed by atoms with Gasteiger partial charge in [0.25, 0.3) is 0 Å². The lowest BCUT2D eigenvalue weighted by Gasteiger charge is -2.15. The van der Waals surface area contributed by atoms with Gasteiger partial charge >= 0.3 is 6.18 Å². The smallest absolute Gasteiger partial charge is 0.351 e. The molecule has 0 aromatic carbocycles. The number of alkyl halides is 3. The van der Waals surface area contributed by atoms with Crippen LogP contribution < -0.4 is 5.32 Å². The summed E-state index contributed by atoms with van der Waals surface area (Å²) in [6.07, 6.45) is -4.28. The fourth-order valence-corrected chi connectivity index (χ4v) is 4.60. The van der Waals surface area contributed by atoms with Gasteiger partial charge in [-0.1, -0.05) is 11.8 Å². The summed E-state index contributed by atoms with van der Waals surface area (Å²) >= 11 is 0.826. The normalized spacial score (nSPS) is 22.0. The van der Waals surface area contributed by atoms with Crippen LogP contribution in [0.3, 0.4) is 0 Å². The van der Waals surface area contributed by atoms with Crippen LogP contribution in [0.15, 0.2) is 5.16 Å². The van der Waals surface area contributed by atoms with E-state index in [0.29, 0.717) is 6.42 Å². The number of sulfone groups is 1. The highest BCUT2D eigenvalue weighted by atomic mass is 32.2. The van der Waals surface area contributed by atoms with Crippen LogP contribution in [0, 0.1) is 0 Å². The predicted octanol–water partition coefficient (Wildman–Crippen LogP) is 0.618. The predicted molar refractivity (Wildman–Crippen MR) is 76.5 cm³/mol. The van der Waals surface area contributed by atoms with Crippen LogP contribution >= 0.6 is 11.8 Å². The van der Waals surface area contributed by atoms with E-state index in [1.807, 2.05) is 0 Å². The molecule has 1 saturated heterocycles. The molecule has 2 atom stereocenters. The van der Waals surface area contributed by atoms with Gasteiger partial charge in [0.05, 0.1) is 16.8 Å². The highest BCUT2D eigenvalue weighted by Crippen LogP contribution is 2.30. The Bertz CT molecular complexity index is 702. The molecule has 1 aliphatic rings. The maximum absolute atomic E-state index is 12.6. The first-order valence-corrected chi connectivity index (χ1v) is 9.34. The second-order valence-corrected chi connectivity index (χ2v) is 8.77. The Labute approximate surface area is 134 Å². The molecule has 2 heterocycles. The van der Waals surface area contributed by atoms with E-state index in [1.165, 1.54) is 14.0 Å². The Morgan fingerprint density at radius 3 is 2.57 bits per heavy atom. The minimum Gasteiger partial charge on any atom is -0.351 e. The van der Waals surface area contributed by atoms with Gasteiger partial charge in [0, 0.05) is 13.1 Å². The Balaban J connectivity index is 1.98. The van der Waals surface area contributed by atoms with Gasteiger partial charge < -0.3 is 9.88 Å². The van der Waals surface area contributed by atoms with Crippen molar-refractivity contribution in [3.63, 3.8) is 0 Å². The molecule has 0 bridgehead atoms. The first-order valence-electron chi connectivity index (χ1n) is 6.63. The van der Waals surface area contributed by atoms with E-state index in [2.05, 4.69) is 15.5 Å². The molecule has 0 unspecified atom stereocenters. The van der Waals surface area contributed by atoms with Crippen LogP contribution in [-0.2, 0) is 27.9 Å². The van der Waals surface area contributed by atoms with Gasteiger partial charge in [-0.15, -0.1) is 10.2 Å². The molecule has 0 radical (unpaired) electrons. The van der Waals surface area contributed by atoms with Crippen molar-refractivity contribution in [2.75, 3.05) is 11.5 Å². The fraction of sp³-hybridized carbons (Fsp3) is 0.727. The van der Waals surface area contributed by atoms with Crippen molar-refractivity contribution in [2.24, 2.45) is 7.05 Å². The van der Waals surface area contributed by atoms with Crippen molar-refractivity contribution in [3.05, 3.63) is 5.82 Å². The van der Waals surface area contributed by atoms with Crippen molar-refractivity contribution in [1.82, 2.24) is 20.1 Å². The Hall–Kier alpha value is -1.30. The largest absolute Gasteiger partial charge is 0.451 e. The molecule has 1 aromatic rings. The van der Waals surface area contributed by atoms with E-state index >= 15 is 0 Å². The third-order valence-electron chi connectivity index (χ3n) is 3.32. The lowest BCUT2D eigenvalue weighted by Crippen LogP contribution is -2.40. The quantitative estimate of drug-likeness (QED) is 0.779. The minimum absolute atomic E-state index is 0.0255. The van der Waals surface area contributed by atoms with E-state index in [4.69, 9.17) is 0 Å². The molecule has 1 aliphatic heterocycles. The summed E-state index contributed by atoms with van der Waals surface area (Å²) in [5.41, 5.74) is 0. The molecule has 1 amide bonds. The number of hydrogen-bond acceptors (Lipinski definition) is 6. The van der Waals surface area contributed by atoms with Crippen molar-refractivity contribution in [3.8, 4) is 0 Å². The topological polar surface area (TPSA) is 93.9 Å². The number of nitrogens with zero attached hydrogens (tertiary/aromatic N) is 3. The number of carbonyl (C=O) groups is 1.